The lowest BCUT2D eigenvalue weighted by atomic mass is 10.3. The second-order valence-corrected chi connectivity index (χ2v) is 6.94. The van der Waals surface area contributed by atoms with Crippen molar-refractivity contribution in [2.45, 2.75) is 36.0 Å². The maximum Gasteiger partial charge on any atom is 0.434 e. The Balaban J connectivity index is 1.80. The van der Waals surface area contributed by atoms with E-state index in [-0.39, 0.29) is 22.9 Å². The number of likely N-dealkylation sites (N-methyl/N-ethyl adjacent to an activating group) is 2. The molecule has 0 amide bonds. The number of halogens is 4. The van der Waals surface area contributed by atoms with Crippen LogP contribution in [0, 0.1) is 0 Å². The lowest BCUT2D eigenvalue weighted by Gasteiger charge is -2.33. The minimum Gasteiger partial charge on any atom is -0.371 e. The molecule has 0 aliphatic carbocycles. The zero-order chi connectivity index (χ0) is 17.5. The Bertz CT molecular complexity index is 641. The fourth-order valence-corrected chi connectivity index (χ4v) is 4.17. The predicted octanol–water partition coefficient (Wildman–Crippen LogP) is 2.63. The molecule has 1 saturated heterocycles. The molecule has 0 aromatic carbocycles. The molecule has 3 unspecified atom stereocenters. The van der Waals surface area contributed by atoms with Crippen LogP contribution in [0.15, 0.2) is 34.5 Å². The van der Waals surface area contributed by atoms with Crippen LogP contribution in [0.5, 0.6) is 0 Å². The summed E-state index contributed by atoms with van der Waals surface area (Å²) in [5.74, 6) is 0. The molecule has 3 atom stereocenters. The highest BCUT2D eigenvalue weighted by Crippen LogP contribution is 2.38. The Morgan fingerprint density at radius 3 is 2.79 bits per heavy atom. The minimum atomic E-state index is -4.49. The van der Waals surface area contributed by atoms with Crippen molar-refractivity contribution < 1.29 is 13.2 Å². The molecule has 5 nitrogen and oxygen atoms in total. The van der Waals surface area contributed by atoms with Gasteiger partial charge in [-0.2, -0.15) is 13.2 Å². The molecule has 24 heavy (non-hydrogen) atoms. The van der Waals surface area contributed by atoms with Crippen LogP contribution in [0.3, 0.4) is 0 Å². The first-order chi connectivity index (χ1) is 11.3. The smallest absolute Gasteiger partial charge is 0.371 e. The molecule has 0 bridgehead atoms. The van der Waals surface area contributed by atoms with Gasteiger partial charge in [-0.15, -0.1) is 0 Å². The molecule has 0 spiro atoms. The molecule has 1 aromatic rings. The SMILES string of the molecule is CCN1C2NC=C(Sc3cccnc3C(F)(F)F)NC2N(C)C1Cl. The zero-order valence-corrected chi connectivity index (χ0v) is 14.6. The van der Waals surface area contributed by atoms with E-state index < -0.39 is 11.9 Å². The van der Waals surface area contributed by atoms with Gasteiger partial charge in [0.15, 0.2) is 5.69 Å². The van der Waals surface area contributed by atoms with Crippen LogP contribution >= 0.6 is 23.4 Å². The largest absolute Gasteiger partial charge is 0.434 e. The lowest BCUT2D eigenvalue weighted by Crippen LogP contribution is -2.55. The zero-order valence-electron chi connectivity index (χ0n) is 13.0. The third-order valence-corrected chi connectivity index (χ3v) is 5.57. The number of fused-ring (bicyclic) bond motifs is 1. The lowest BCUT2D eigenvalue weighted by molar-refractivity contribution is -0.143. The highest BCUT2D eigenvalue weighted by molar-refractivity contribution is 8.03. The second kappa shape index (κ2) is 6.62. The normalized spacial score (nSPS) is 28.1. The Kier molecular flexibility index (Phi) is 4.87. The predicted molar refractivity (Wildman–Crippen MR) is 86.8 cm³/mol. The Labute approximate surface area is 147 Å². The number of aromatic nitrogens is 1. The van der Waals surface area contributed by atoms with Crippen molar-refractivity contribution in [1.82, 2.24) is 25.4 Å². The van der Waals surface area contributed by atoms with Crippen molar-refractivity contribution in [2.24, 2.45) is 0 Å². The second-order valence-electron chi connectivity index (χ2n) is 5.47. The molecule has 3 rings (SSSR count). The Morgan fingerprint density at radius 2 is 2.12 bits per heavy atom. The number of nitrogens with one attached hydrogen (secondary N) is 2. The van der Waals surface area contributed by atoms with Crippen LogP contribution in [-0.4, -0.2) is 46.3 Å². The van der Waals surface area contributed by atoms with Crippen molar-refractivity contribution >= 4 is 23.4 Å². The molecule has 10 heteroatoms. The van der Waals surface area contributed by atoms with Gasteiger partial charge in [-0.1, -0.05) is 30.3 Å². The summed E-state index contributed by atoms with van der Waals surface area (Å²) in [4.78, 5) is 7.52. The fourth-order valence-electron chi connectivity index (χ4n) is 2.83. The number of alkyl halides is 4. The molecule has 2 aliphatic rings. The number of thioether (sulfide) groups is 1. The standard InChI is InChI=1S/C14H17ClF3N5S/c1-3-23-11-12(22(2)13(23)15)21-9(7-20-11)24-8-5-4-6-19-10(8)14(16,17)18/h4-7,11-13,20-21H,3H2,1-2H3. The monoisotopic (exact) mass is 379 g/mol. The number of pyridine rings is 1. The molecule has 2 N–H and O–H groups in total. The van der Waals surface area contributed by atoms with Crippen LogP contribution in [0.2, 0.25) is 0 Å². The van der Waals surface area contributed by atoms with Crippen LogP contribution in [0.25, 0.3) is 0 Å². The van der Waals surface area contributed by atoms with Gasteiger partial charge < -0.3 is 10.6 Å². The number of hydrogen-bond donors (Lipinski definition) is 2. The van der Waals surface area contributed by atoms with Gasteiger partial charge in [-0.05, 0) is 19.2 Å². The van der Waals surface area contributed by atoms with Crippen LogP contribution in [0.4, 0.5) is 13.2 Å². The fraction of sp³-hybridized carbons (Fsp3) is 0.500. The van der Waals surface area contributed by atoms with E-state index in [1.54, 1.807) is 6.20 Å². The van der Waals surface area contributed by atoms with Gasteiger partial charge in [-0.25, -0.2) is 0 Å². The van der Waals surface area contributed by atoms with Crippen LogP contribution in [0.1, 0.15) is 12.6 Å². The number of rotatable bonds is 3. The van der Waals surface area contributed by atoms with Gasteiger partial charge in [0.05, 0.1) is 5.03 Å². The van der Waals surface area contributed by atoms with Gasteiger partial charge in [0, 0.05) is 23.8 Å². The molecule has 0 radical (unpaired) electrons. The van der Waals surface area contributed by atoms with E-state index in [4.69, 9.17) is 11.6 Å². The molecular formula is C14H17ClF3N5S. The highest BCUT2D eigenvalue weighted by Gasteiger charge is 2.45. The minimum absolute atomic E-state index is 0.0390. The van der Waals surface area contributed by atoms with Gasteiger partial charge in [0.2, 0.25) is 0 Å². The van der Waals surface area contributed by atoms with E-state index in [0.29, 0.717) is 5.03 Å². The molecular weight excluding hydrogens is 363 g/mol. The van der Waals surface area contributed by atoms with Crippen molar-refractivity contribution in [2.75, 3.05) is 13.6 Å². The summed E-state index contributed by atoms with van der Waals surface area (Å²) in [5, 5.41) is 7.06. The van der Waals surface area contributed by atoms with Crippen LogP contribution in [-0.2, 0) is 6.18 Å². The van der Waals surface area contributed by atoms with Crippen molar-refractivity contribution in [3.8, 4) is 0 Å². The van der Waals surface area contributed by atoms with E-state index in [1.807, 2.05) is 18.9 Å². The summed E-state index contributed by atoms with van der Waals surface area (Å²) in [5.41, 5.74) is -1.17. The summed E-state index contributed by atoms with van der Waals surface area (Å²) in [6.45, 7) is 2.76. The molecule has 2 aliphatic heterocycles. The Hall–Kier alpha value is -1.16. The van der Waals surface area contributed by atoms with Gasteiger partial charge in [0.1, 0.15) is 18.0 Å². The first kappa shape index (κ1) is 17.7. The average Bonchev–Trinajstić information content (AvgIpc) is 2.78. The van der Waals surface area contributed by atoms with Gasteiger partial charge in [0.25, 0.3) is 0 Å². The van der Waals surface area contributed by atoms with Gasteiger partial charge in [-0.3, -0.25) is 14.8 Å². The number of hydrogen-bond acceptors (Lipinski definition) is 6. The summed E-state index contributed by atoms with van der Waals surface area (Å²) in [6.07, 6.45) is -1.83. The maximum atomic E-state index is 13.1. The van der Waals surface area contributed by atoms with Gasteiger partial charge >= 0.3 is 6.18 Å². The quantitative estimate of drug-likeness (QED) is 0.621. The molecule has 3 heterocycles. The topological polar surface area (TPSA) is 43.4 Å². The van der Waals surface area contributed by atoms with Crippen molar-refractivity contribution in [3.05, 3.63) is 35.3 Å². The highest BCUT2D eigenvalue weighted by atomic mass is 35.5. The Morgan fingerprint density at radius 1 is 1.38 bits per heavy atom. The third-order valence-electron chi connectivity index (χ3n) is 4.00. The van der Waals surface area contributed by atoms with E-state index in [0.717, 1.165) is 24.5 Å². The number of nitrogens with zero attached hydrogens (tertiary/aromatic N) is 3. The third kappa shape index (κ3) is 3.17. The molecule has 1 aromatic heterocycles. The maximum absolute atomic E-state index is 13.1. The van der Waals surface area contributed by atoms with E-state index in [1.165, 1.54) is 12.1 Å². The summed E-state index contributed by atoms with van der Waals surface area (Å²) >= 11 is 7.38. The van der Waals surface area contributed by atoms with Crippen molar-refractivity contribution in [3.63, 3.8) is 0 Å². The molecule has 0 saturated carbocycles. The average molecular weight is 380 g/mol. The summed E-state index contributed by atoms with van der Waals surface area (Å²) in [6, 6.07) is 2.91. The van der Waals surface area contributed by atoms with Crippen molar-refractivity contribution in [1.29, 1.82) is 0 Å². The first-order valence-corrected chi connectivity index (χ1v) is 8.62. The van der Waals surface area contributed by atoms with E-state index in [9.17, 15) is 13.2 Å². The van der Waals surface area contributed by atoms with Crippen LogP contribution < -0.4 is 10.6 Å². The first-order valence-electron chi connectivity index (χ1n) is 7.37. The van der Waals surface area contributed by atoms with E-state index >= 15 is 0 Å². The summed E-state index contributed by atoms with van der Waals surface area (Å²) < 4.78 is 39.2. The molecule has 132 valence electrons. The summed E-state index contributed by atoms with van der Waals surface area (Å²) in [7, 11) is 1.87. The van der Waals surface area contributed by atoms with E-state index in [2.05, 4.69) is 20.5 Å². The molecule has 1 fully saturated rings.